The molecule has 0 heterocycles. The molecular weight excluding hydrogens is 402 g/mol. The molecule has 0 spiro atoms. The summed E-state index contributed by atoms with van der Waals surface area (Å²) in [6.45, 7) is 4.90. The second kappa shape index (κ2) is 12.7. The average molecular weight is 442 g/mol. The van der Waals surface area contributed by atoms with E-state index in [2.05, 4.69) is 17.0 Å². The number of aliphatic hydroxyl groups is 1. The summed E-state index contributed by atoms with van der Waals surface area (Å²) in [6, 6.07) is 14.1. The molecule has 32 heavy (non-hydrogen) atoms. The van der Waals surface area contributed by atoms with E-state index in [1.807, 2.05) is 37.3 Å². The van der Waals surface area contributed by atoms with E-state index in [4.69, 9.17) is 14.2 Å². The zero-order valence-corrected chi connectivity index (χ0v) is 19.9. The molecule has 2 aromatic carbocycles. The van der Waals surface area contributed by atoms with Gasteiger partial charge in [0.25, 0.3) is 0 Å². The Balaban J connectivity index is 1.58. The molecule has 1 aliphatic rings. The van der Waals surface area contributed by atoms with Gasteiger partial charge in [0.15, 0.2) is 11.5 Å². The van der Waals surface area contributed by atoms with Crippen LogP contribution in [-0.2, 0) is 6.42 Å². The molecule has 0 amide bonds. The molecule has 5 nitrogen and oxygen atoms in total. The first-order valence-corrected chi connectivity index (χ1v) is 11.9. The summed E-state index contributed by atoms with van der Waals surface area (Å²) < 4.78 is 16.7. The average Bonchev–Trinajstić information content (AvgIpc) is 2.81. The summed E-state index contributed by atoms with van der Waals surface area (Å²) in [5.74, 6) is 3.04. The van der Waals surface area contributed by atoms with Crippen LogP contribution in [0.15, 0.2) is 42.5 Å². The minimum Gasteiger partial charge on any atom is -0.493 e. The first-order chi connectivity index (χ1) is 15.6. The lowest BCUT2D eigenvalue weighted by atomic mass is 9.89. The van der Waals surface area contributed by atoms with Crippen molar-refractivity contribution in [2.24, 2.45) is 5.92 Å². The van der Waals surface area contributed by atoms with E-state index in [1.54, 1.807) is 14.2 Å². The lowest BCUT2D eigenvalue weighted by Gasteiger charge is -2.31. The van der Waals surface area contributed by atoms with Gasteiger partial charge in [-0.1, -0.05) is 37.5 Å². The van der Waals surface area contributed by atoms with E-state index < -0.39 is 6.10 Å². The van der Waals surface area contributed by atoms with Crippen molar-refractivity contribution in [1.82, 2.24) is 4.90 Å². The highest BCUT2D eigenvalue weighted by Crippen LogP contribution is 2.28. The minimum absolute atomic E-state index is 0.307. The van der Waals surface area contributed by atoms with Gasteiger partial charge in [0.2, 0.25) is 0 Å². The molecule has 5 heteroatoms. The molecule has 1 unspecified atom stereocenters. The van der Waals surface area contributed by atoms with E-state index in [1.165, 1.54) is 37.7 Å². The highest BCUT2D eigenvalue weighted by molar-refractivity contribution is 5.43. The quantitative estimate of drug-likeness (QED) is 0.509. The molecule has 1 atom stereocenters. The Morgan fingerprint density at radius 1 is 1.00 bits per heavy atom. The van der Waals surface area contributed by atoms with Crippen LogP contribution in [0.4, 0.5) is 0 Å². The lowest BCUT2D eigenvalue weighted by Crippen LogP contribution is -2.40. The fourth-order valence-corrected chi connectivity index (χ4v) is 4.56. The van der Waals surface area contributed by atoms with Crippen molar-refractivity contribution in [3.8, 4) is 17.2 Å². The van der Waals surface area contributed by atoms with Crippen LogP contribution in [0.5, 0.6) is 17.2 Å². The van der Waals surface area contributed by atoms with Crippen LogP contribution in [0.1, 0.15) is 43.2 Å². The normalized spacial score (nSPS) is 15.5. The zero-order valence-electron chi connectivity index (χ0n) is 19.9. The van der Waals surface area contributed by atoms with Gasteiger partial charge in [-0.2, -0.15) is 0 Å². The maximum atomic E-state index is 10.7. The topological polar surface area (TPSA) is 51.2 Å². The number of rotatable bonds is 12. The molecule has 1 fully saturated rings. The summed E-state index contributed by atoms with van der Waals surface area (Å²) in [7, 11) is 3.32. The Bertz CT molecular complexity index is 819. The van der Waals surface area contributed by atoms with Crippen molar-refractivity contribution in [2.45, 2.75) is 51.6 Å². The number of nitrogens with zero attached hydrogens (tertiary/aromatic N) is 1. The van der Waals surface area contributed by atoms with Crippen LogP contribution in [0, 0.1) is 12.8 Å². The summed E-state index contributed by atoms with van der Waals surface area (Å²) in [5.41, 5.74) is 2.37. The van der Waals surface area contributed by atoms with Crippen molar-refractivity contribution >= 4 is 0 Å². The molecule has 0 aliphatic heterocycles. The van der Waals surface area contributed by atoms with Crippen molar-refractivity contribution < 1.29 is 19.3 Å². The van der Waals surface area contributed by atoms with Gasteiger partial charge in [-0.3, -0.25) is 0 Å². The highest BCUT2D eigenvalue weighted by atomic mass is 16.5. The Kier molecular flexibility index (Phi) is 9.69. The third-order valence-electron chi connectivity index (χ3n) is 6.31. The molecule has 1 N–H and O–H groups in total. The summed E-state index contributed by atoms with van der Waals surface area (Å²) in [4.78, 5) is 2.41. The van der Waals surface area contributed by atoms with Gasteiger partial charge < -0.3 is 24.2 Å². The summed E-state index contributed by atoms with van der Waals surface area (Å²) >= 11 is 0. The Morgan fingerprint density at radius 2 is 1.78 bits per heavy atom. The molecule has 176 valence electrons. The second-order valence-electron chi connectivity index (χ2n) is 8.98. The molecule has 3 rings (SSSR count). The van der Waals surface area contributed by atoms with Crippen LogP contribution in [-0.4, -0.2) is 56.6 Å². The van der Waals surface area contributed by atoms with E-state index in [0.29, 0.717) is 13.2 Å². The van der Waals surface area contributed by atoms with Crippen molar-refractivity contribution in [3.63, 3.8) is 0 Å². The van der Waals surface area contributed by atoms with Crippen LogP contribution in [0.2, 0.25) is 0 Å². The first kappa shape index (κ1) is 24.4. The number of methoxy groups -OCH3 is 2. The highest BCUT2D eigenvalue weighted by Gasteiger charge is 2.20. The van der Waals surface area contributed by atoms with Crippen molar-refractivity contribution in [3.05, 3.63) is 53.6 Å². The van der Waals surface area contributed by atoms with Gasteiger partial charge in [-0.15, -0.1) is 0 Å². The third kappa shape index (κ3) is 7.72. The Morgan fingerprint density at radius 3 is 2.50 bits per heavy atom. The Labute approximate surface area is 193 Å². The fourth-order valence-electron chi connectivity index (χ4n) is 4.56. The minimum atomic E-state index is -0.524. The van der Waals surface area contributed by atoms with E-state index in [0.717, 1.165) is 48.2 Å². The predicted octanol–water partition coefficient (Wildman–Crippen LogP) is 4.88. The lowest BCUT2D eigenvalue weighted by molar-refractivity contribution is 0.0602. The van der Waals surface area contributed by atoms with Gasteiger partial charge >= 0.3 is 0 Å². The smallest absolute Gasteiger partial charge is 0.160 e. The van der Waals surface area contributed by atoms with Crippen LogP contribution in [0.25, 0.3) is 0 Å². The molecule has 1 aliphatic carbocycles. The molecule has 0 bridgehead atoms. The number of aryl methyl sites for hydroxylation is 1. The SMILES string of the molecule is COc1ccc(CCN(CC(O)COc2cccc(C)c2)CC2CCCCC2)cc1OC. The van der Waals surface area contributed by atoms with E-state index in [-0.39, 0.29) is 0 Å². The molecule has 2 aromatic rings. The zero-order chi connectivity index (χ0) is 22.8. The number of ether oxygens (including phenoxy) is 3. The fraction of sp³-hybridized carbons (Fsp3) is 0.556. The van der Waals surface area contributed by atoms with E-state index in [9.17, 15) is 5.11 Å². The predicted molar refractivity (Wildman–Crippen MR) is 129 cm³/mol. The monoisotopic (exact) mass is 441 g/mol. The van der Waals surface area contributed by atoms with Crippen LogP contribution in [0.3, 0.4) is 0 Å². The molecular formula is C27H39NO4. The number of aliphatic hydroxyl groups excluding tert-OH is 1. The maximum absolute atomic E-state index is 10.7. The van der Waals surface area contributed by atoms with Crippen LogP contribution >= 0.6 is 0 Å². The summed E-state index contributed by atoms with van der Waals surface area (Å²) in [6.07, 6.45) is 6.98. The number of hydrogen-bond donors (Lipinski definition) is 1. The van der Waals surface area contributed by atoms with Gasteiger partial charge in [0.05, 0.1) is 14.2 Å². The van der Waals surface area contributed by atoms with Gasteiger partial charge in [-0.05, 0) is 67.5 Å². The van der Waals surface area contributed by atoms with Gasteiger partial charge in [-0.25, -0.2) is 0 Å². The van der Waals surface area contributed by atoms with Crippen molar-refractivity contribution in [1.29, 1.82) is 0 Å². The van der Waals surface area contributed by atoms with Gasteiger partial charge in [0.1, 0.15) is 18.5 Å². The second-order valence-corrected chi connectivity index (χ2v) is 8.98. The number of hydrogen-bond acceptors (Lipinski definition) is 5. The summed E-state index contributed by atoms with van der Waals surface area (Å²) in [5, 5.41) is 10.7. The molecule has 1 saturated carbocycles. The first-order valence-electron chi connectivity index (χ1n) is 11.9. The van der Waals surface area contributed by atoms with Crippen LogP contribution < -0.4 is 14.2 Å². The maximum Gasteiger partial charge on any atom is 0.160 e. The third-order valence-corrected chi connectivity index (χ3v) is 6.31. The van der Waals surface area contributed by atoms with Gasteiger partial charge in [0, 0.05) is 19.6 Å². The molecule has 0 aromatic heterocycles. The number of benzene rings is 2. The largest absolute Gasteiger partial charge is 0.493 e. The Hall–Kier alpha value is -2.24. The molecule has 0 saturated heterocycles. The van der Waals surface area contributed by atoms with Crippen molar-refractivity contribution in [2.75, 3.05) is 40.5 Å². The molecule has 0 radical (unpaired) electrons. The van der Waals surface area contributed by atoms with E-state index >= 15 is 0 Å². The standard InChI is InChI=1S/C27H39NO4/c1-21-8-7-11-25(16-21)32-20-24(29)19-28(18-23-9-5-4-6-10-23)15-14-22-12-13-26(30-2)27(17-22)31-3/h7-8,11-13,16-17,23-24,29H,4-6,9-10,14-15,18-20H2,1-3H3.